The first-order chi connectivity index (χ1) is 17.7. The number of carbonyl (C=O) groups excluding carboxylic acids is 6. The molecule has 0 aromatic rings. The van der Waals surface area contributed by atoms with E-state index in [4.69, 9.17) is 30.1 Å². The zero-order valence-electron chi connectivity index (χ0n) is 21.4. The van der Waals surface area contributed by atoms with Crippen molar-refractivity contribution in [3.63, 3.8) is 0 Å². The predicted octanol–water partition coefficient (Wildman–Crippen LogP) is -1.16. The highest BCUT2D eigenvalue weighted by molar-refractivity contribution is 5.80. The molecule has 5 unspecified atom stereocenters. The summed E-state index contributed by atoms with van der Waals surface area (Å²) in [5, 5.41) is 13.2. The first kappa shape index (κ1) is 32.3. The third-order valence-corrected chi connectivity index (χ3v) is 5.05. The number of methoxy groups -OCH3 is 1. The molecule has 1 fully saturated rings. The van der Waals surface area contributed by atoms with E-state index in [0.717, 1.165) is 34.8 Å². The summed E-state index contributed by atoms with van der Waals surface area (Å²) >= 11 is 0. The Labute approximate surface area is 217 Å². The molecule has 212 valence electrons. The lowest BCUT2D eigenvalue weighted by Gasteiger charge is -2.48. The molecule has 2 N–H and O–H groups in total. The van der Waals surface area contributed by atoms with Crippen molar-refractivity contribution in [2.24, 2.45) is 0 Å². The highest BCUT2D eigenvalue weighted by Crippen LogP contribution is 2.36. The zero-order valence-corrected chi connectivity index (χ0v) is 21.4. The van der Waals surface area contributed by atoms with Crippen molar-refractivity contribution >= 4 is 35.8 Å². The zero-order chi connectivity index (χ0) is 29.2. The maximum Gasteiger partial charge on any atom is 0.369 e. The van der Waals surface area contributed by atoms with Gasteiger partial charge in [-0.15, -0.1) is 12.3 Å². The Hall–Kier alpha value is -3.77. The van der Waals surface area contributed by atoms with Crippen molar-refractivity contribution in [1.82, 2.24) is 5.32 Å². The van der Waals surface area contributed by atoms with Gasteiger partial charge in [-0.1, -0.05) is 0 Å². The summed E-state index contributed by atoms with van der Waals surface area (Å²) in [6, 6.07) is -1.77. The van der Waals surface area contributed by atoms with Gasteiger partial charge in [0.05, 0.1) is 13.2 Å². The summed E-state index contributed by atoms with van der Waals surface area (Å²) in [5.74, 6) is -7.61. The predicted molar refractivity (Wildman–Crippen MR) is 120 cm³/mol. The molecule has 0 aliphatic carbocycles. The molecule has 1 saturated heterocycles. The van der Waals surface area contributed by atoms with Crippen molar-refractivity contribution in [2.75, 3.05) is 13.7 Å². The van der Waals surface area contributed by atoms with E-state index in [9.17, 15) is 33.9 Å². The van der Waals surface area contributed by atoms with Crippen molar-refractivity contribution in [3.8, 4) is 12.3 Å². The number of aliphatic hydroxyl groups is 1. The summed E-state index contributed by atoms with van der Waals surface area (Å²) in [6.07, 6.45) is -5.66. The molecule has 0 radical (unpaired) electrons. The van der Waals surface area contributed by atoms with Gasteiger partial charge in [0, 0.05) is 40.5 Å². The lowest BCUT2D eigenvalue weighted by molar-refractivity contribution is -0.323. The molecule has 1 aliphatic heterocycles. The van der Waals surface area contributed by atoms with Crippen LogP contribution in [0.25, 0.3) is 0 Å². The average molecular weight is 547 g/mol. The van der Waals surface area contributed by atoms with Crippen molar-refractivity contribution in [1.29, 1.82) is 0 Å². The molecule has 38 heavy (non-hydrogen) atoms. The number of hydrogen-bond acceptors (Lipinski definition) is 13. The minimum absolute atomic E-state index is 0.0522. The van der Waals surface area contributed by atoms with Crippen LogP contribution in [-0.2, 0) is 57.2 Å². The third-order valence-electron chi connectivity index (χ3n) is 5.05. The van der Waals surface area contributed by atoms with E-state index >= 15 is 4.39 Å². The van der Waals surface area contributed by atoms with E-state index in [1.807, 2.05) is 0 Å². The van der Waals surface area contributed by atoms with E-state index < -0.39 is 84.8 Å². The summed E-state index contributed by atoms with van der Waals surface area (Å²) in [5.41, 5.74) is 0. The fourth-order valence-corrected chi connectivity index (χ4v) is 3.60. The van der Waals surface area contributed by atoms with E-state index in [-0.39, 0.29) is 12.8 Å². The molecule has 1 heterocycles. The van der Waals surface area contributed by atoms with Crippen LogP contribution in [0.15, 0.2) is 0 Å². The fourth-order valence-electron chi connectivity index (χ4n) is 3.60. The first-order valence-electron chi connectivity index (χ1n) is 11.2. The normalized spacial score (nSPS) is 25.9. The summed E-state index contributed by atoms with van der Waals surface area (Å²) in [7, 11) is 0.797. The Bertz CT molecular complexity index is 963. The molecular weight excluding hydrogens is 517 g/mol. The maximum absolute atomic E-state index is 15.6. The van der Waals surface area contributed by atoms with Gasteiger partial charge in [0.2, 0.25) is 12.1 Å². The van der Waals surface area contributed by atoms with Crippen LogP contribution >= 0.6 is 0 Å². The molecule has 0 saturated carbocycles. The Morgan fingerprint density at radius 3 is 2.13 bits per heavy atom. The first-order valence-corrected chi connectivity index (χ1v) is 11.2. The van der Waals surface area contributed by atoms with Gasteiger partial charge in [-0.05, 0) is 0 Å². The smallest absolute Gasteiger partial charge is 0.369 e. The fraction of sp³-hybridized carbons (Fsp3) is 0.652. The average Bonchev–Trinajstić information content (AvgIpc) is 2.82. The molecule has 1 amide bonds. The highest BCUT2D eigenvalue weighted by Gasteiger charge is 2.64. The molecule has 15 heteroatoms. The second kappa shape index (κ2) is 14.2. The number of nitrogens with one attached hydrogen (secondary N) is 1. The summed E-state index contributed by atoms with van der Waals surface area (Å²) in [6.45, 7) is 3.07. The number of alkyl halides is 1. The van der Waals surface area contributed by atoms with Gasteiger partial charge in [0.25, 0.3) is 0 Å². The second-order valence-corrected chi connectivity index (χ2v) is 8.07. The maximum atomic E-state index is 15.6. The van der Waals surface area contributed by atoms with Crippen LogP contribution in [0.3, 0.4) is 0 Å². The number of terminal acetylenes is 1. The largest absolute Gasteiger partial charge is 0.465 e. The number of halogens is 1. The van der Waals surface area contributed by atoms with E-state index in [2.05, 4.69) is 16.0 Å². The van der Waals surface area contributed by atoms with Gasteiger partial charge < -0.3 is 38.8 Å². The topological polar surface area (TPSA) is 190 Å². The van der Waals surface area contributed by atoms with E-state index in [0.29, 0.717) is 0 Å². The van der Waals surface area contributed by atoms with Crippen molar-refractivity contribution in [2.45, 2.75) is 83.0 Å². The number of esters is 5. The Kier molecular flexibility index (Phi) is 12.1. The molecule has 7 atom stereocenters. The van der Waals surface area contributed by atoms with Crippen LogP contribution in [-0.4, -0.2) is 97.0 Å². The van der Waals surface area contributed by atoms with Gasteiger partial charge >= 0.3 is 35.6 Å². The number of ether oxygens (including phenoxy) is 6. The third kappa shape index (κ3) is 8.67. The minimum Gasteiger partial charge on any atom is -0.465 e. The Balaban J connectivity index is 3.79. The van der Waals surface area contributed by atoms with Gasteiger partial charge in [-0.3, -0.25) is 24.0 Å². The van der Waals surface area contributed by atoms with Crippen molar-refractivity contribution in [3.05, 3.63) is 0 Å². The molecule has 0 spiro atoms. The monoisotopic (exact) mass is 547 g/mol. The van der Waals surface area contributed by atoms with Crippen LogP contribution in [0, 0.1) is 12.3 Å². The van der Waals surface area contributed by atoms with Gasteiger partial charge in [0.15, 0.2) is 18.3 Å². The van der Waals surface area contributed by atoms with Crippen LogP contribution in [0.5, 0.6) is 0 Å². The van der Waals surface area contributed by atoms with Crippen LogP contribution in [0.4, 0.5) is 4.39 Å². The Morgan fingerprint density at radius 1 is 1.05 bits per heavy atom. The summed E-state index contributed by atoms with van der Waals surface area (Å²) < 4.78 is 45.6. The minimum atomic E-state index is -3.46. The molecule has 14 nitrogen and oxygen atoms in total. The number of hydrogen-bond donors (Lipinski definition) is 2. The molecule has 1 aliphatic rings. The number of carbonyl (C=O) groups is 6. The quantitative estimate of drug-likeness (QED) is 0.179. The molecule has 0 bridgehead atoms. The van der Waals surface area contributed by atoms with Crippen LogP contribution < -0.4 is 5.32 Å². The standard InChI is InChI=1S/C23H30FNO13/c1-7-8-9-16(30)25-17-19(18(36-13(4)28)15(35-12(3)27)10-34-11(2)26)38-23(32,22(31)33-6)21(24)20(17)37-14(5)29/h1,15,17-21,32H,8-10H2,2-6H3,(H,25,30)/t15-,17?,18-,19?,20?,21?,23?/m1/s1. The highest BCUT2D eigenvalue weighted by atomic mass is 19.1. The van der Waals surface area contributed by atoms with Crippen LogP contribution in [0.2, 0.25) is 0 Å². The second-order valence-electron chi connectivity index (χ2n) is 8.07. The lowest BCUT2D eigenvalue weighted by atomic mass is 9.86. The molecular formula is C23H30FNO13. The van der Waals surface area contributed by atoms with Crippen molar-refractivity contribution < 1.29 is 66.7 Å². The molecule has 0 aromatic heterocycles. The number of amides is 1. The van der Waals surface area contributed by atoms with E-state index in [1.165, 1.54) is 0 Å². The molecule has 0 aromatic carbocycles. The van der Waals surface area contributed by atoms with E-state index in [1.54, 1.807) is 0 Å². The molecule has 1 rings (SSSR count). The van der Waals surface area contributed by atoms with Gasteiger partial charge in [-0.2, -0.15) is 0 Å². The Morgan fingerprint density at radius 2 is 1.66 bits per heavy atom. The lowest BCUT2D eigenvalue weighted by Crippen LogP contribution is -2.73. The van der Waals surface area contributed by atoms with Crippen LogP contribution in [0.1, 0.15) is 40.5 Å². The number of rotatable bonds is 11. The SMILES string of the molecule is C#CCCC(=O)NC1C(OC(C)=O)C(F)C(O)(C(=O)OC)OC1[C@H](OC(C)=O)[C@@H](COC(C)=O)OC(C)=O. The summed E-state index contributed by atoms with van der Waals surface area (Å²) in [4.78, 5) is 72.1. The van der Waals surface area contributed by atoms with Gasteiger partial charge in [-0.25, -0.2) is 9.18 Å². The van der Waals surface area contributed by atoms with Gasteiger partial charge in [0.1, 0.15) is 12.7 Å².